The first-order chi connectivity index (χ1) is 8.65. The van der Waals surface area contributed by atoms with Gasteiger partial charge in [-0.25, -0.2) is 4.98 Å². The molecule has 0 amide bonds. The van der Waals surface area contributed by atoms with Crippen LogP contribution in [-0.2, 0) is 20.0 Å². The van der Waals surface area contributed by atoms with Gasteiger partial charge in [-0.2, -0.15) is 5.10 Å². The Balaban J connectivity index is 1.97. The Labute approximate surface area is 110 Å². The van der Waals surface area contributed by atoms with Gasteiger partial charge in [0.05, 0.1) is 6.54 Å². The number of aryl methyl sites for hydroxylation is 1. The van der Waals surface area contributed by atoms with Gasteiger partial charge in [0.2, 0.25) is 0 Å². The van der Waals surface area contributed by atoms with E-state index in [1.54, 1.807) is 0 Å². The topological polar surface area (TPSA) is 46.0 Å². The van der Waals surface area contributed by atoms with Crippen LogP contribution in [-0.4, -0.2) is 45.8 Å². The molecule has 0 unspecified atom stereocenters. The van der Waals surface area contributed by atoms with Crippen molar-refractivity contribution in [2.45, 2.75) is 33.2 Å². The summed E-state index contributed by atoms with van der Waals surface area (Å²) in [5, 5.41) is 7.93. The van der Waals surface area contributed by atoms with Crippen molar-refractivity contribution in [3.8, 4) is 0 Å². The Kier molecular flexibility index (Phi) is 4.72. The Morgan fingerprint density at radius 1 is 1.28 bits per heavy atom. The van der Waals surface area contributed by atoms with Crippen LogP contribution in [0.5, 0.6) is 0 Å². The van der Waals surface area contributed by atoms with Gasteiger partial charge in [-0.3, -0.25) is 9.58 Å². The van der Waals surface area contributed by atoms with Crippen LogP contribution < -0.4 is 5.32 Å². The summed E-state index contributed by atoms with van der Waals surface area (Å²) in [4.78, 5) is 7.13. The van der Waals surface area contributed by atoms with Crippen molar-refractivity contribution < 1.29 is 0 Å². The molecule has 2 heterocycles. The highest BCUT2D eigenvalue weighted by atomic mass is 15.3. The smallest absolute Gasteiger partial charge is 0.151 e. The van der Waals surface area contributed by atoms with Crippen LogP contribution >= 0.6 is 0 Å². The second-order valence-corrected chi connectivity index (χ2v) is 5.55. The number of hydrogen-bond acceptors (Lipinski definition) is 4. The van der Waals surface area contributed by atoms with Crippen LogP contribution in [0.25, 0.3) is 0 Å². The molecule has 1 fully saturated rings. The zero-order valence-corrected chi connectivity index (χ0v) is 11.8. The summed E-state index contributed by atoms with van der Waals surface area (Å²) < 4.78 is 1.94. The molecule has 1 N–H and O–H groups in total. The third kappa shape index (κ3) is 3.78. The fraction of sp³-hybridized carbons (Fsp3) is 0.846. The second-order valence-electron chi connectivity index (χ2n) is 5.55. The van der Waals surface area contributed by atoms with E-state index in [0.29, 0.717) is 5.92 Å². The molecule has 1 aromatic rings. The maximum absolute atomic E-state index is 4.66. The molecule has 0 spiro atoms. The third-order valence-electron chi connectivity index (χ3n) is 3.29. The van der Waals surface area contributed by atoms with Gasteiger partial charge in [0.1, 0.15) is 5.82 Å². The third-order valence-corrected chi connectivity index (χ3v) is 3.29. The van der Waals surface area contributed by atoms with Gasteiger partial charge in [0.25, 0.3) is 0 Å². The molecular formula is C13H25N5. The molecule has 18 heavy (non-hydrogen) atoms. The number of nitrogens with zero attached hydrogens (tertiary/aromatic N) is 4. The number of hydrogen-bond donors (Lipinski definition) is 1. The Morgan fingerprint density at radius 3 is 2.89 bits per heavy atom. The first-order valence-corrected chi connectivity index (χ1v) is 6.97. The minimum Gasteiger partial charge on any atom is -0.315 e. The highest BCUT2D eigenvalue weighted by Gasteiger charge is 2.14. The predicted molar refractivity (Wildman–Crippen MR) is 72.3 cm³/mol. The molecule has 5 nitrogen and oxygen atoms in total. The average Bonchev–Trinajstić information content (AvgIpc) is 2.53. The van der Waals surface area contributed by atoms with Crippen LogP contribution in [0.3, 0.4) is 0 Å². The van der Waals surface area contributed by atoms with Crippen molar-refractivity contribution in [3.05, 3.63) is 11.6 Å². The van der Waals surface area contributed by atoms with E-state index >= 15 is 0 Å². The summed E-state index contributed by atoms with van der Waals surface area (Å²) in [6.07, 6.45) is 2.19. The fourth-order valence-electron chi connectivity index (χ4n) is 2.32. The zero-order chi connectivity index (χ0) is 13.0. The lowest BCUT2D eigenvalue weighted by molar-refractivity contribution is 0.273. The zero-order valence-electron chi connectivity index (χ0n) is 11.8. The maximum Gasteiger partial charge on any atom is 0.151 e. The number of rotatable bonds is 4. The summed E-state index contributed by atoms with van der Waals surface area (Å²) in [5.74, 6) is 2.69. The van der Waals surface area contributed by atoms with E-state index in [1.165, 1.54) is 6.42 Å². The molecule has 0 aliphatic carbocycles. The van der Waals surface area contributed by atoms with Crippen molar-refractivity contribution in [2.24, 2.45) is 13.0 Å². The maximum atomic E-state index is 4.66. The van der Waals surface area contributed by atoms with E-state index in [4.69, 9.17) is 0 Å². The van der Waals surface area contributed by atoms with Gasteiger partial charge < -0.3 is 5.32 Å². The standard InChI is InChI=1S/C13H25N5/c1-11(2)9-12-15-13(17(3)16-12)10-18-7-4-5-14-6-8-18/h11,14H,4-10H2,1-3H3. The molecule has 0 aromatic carbocycles. The molecule has 1 aromatic heterocycles. The Hall–Kier alpha value is -0.940. The van der Waals surface area contributed by atoms with Crippen LogP contribution in [0.15, 0.2) is 0 Å². The molecule has 1 aliphatic heterocycles. The van der Waals surface area contributed by atoms with E-state index < -0.39 is 0 Å². The van der Waals surface area contributed by atoms with E-state index in [-0.39, 0.29) is 0 Å². The molecule has 0 saturated carbocycles. The minimum atomic E-state index is 0.614. The van der Waals surface area contributed by atoms with E-state index in [0.717, 1.165) is 50.8 Å². The first-order valence-electron chi connectivity index (χ1n) is 6.97. The van der Waals surface area contributed by atoms with E-state index in [2.05, 4.69) is 34.1 Å². The molecule has 0 radical (unpaired) electrons. The van der Waals surface area contributed by atoms with Crippen LogP contribution in [0.1, 0.15) is 31.9 Å². The SMILES string of the molecule is CC(C)Cc1nc(CN2CCCNCC2)n(C)n1. The van der Waals surface area contributed by atoms with E-state index in [9.17, 15) is 0 Å². The normalized spacial score (nSPS) is 18.2. The second kappa shape index (κ2) is 6.29. The largest absolute Gasteiger partial charge is 0.315 e. The number of aromatic nitrogens is 3. The quantitative estimate of drug-likeness (QED) is 0.860. The van der Waals surface area contributed by atoms with Gasteiger partial charge in [-0.15, -0.1) is 0 Å². The summed E-state index contributed by atoms with van der Waals surface area (Å²) in [6.45, 7) is 9.80. The highest BCUT2D eigenvalue weighted by Crippen LogP contribution is 2.07. The lowest BCUT2D eigenvalue weighted by Crippen LogP contribution is -2.28. The lowest BCUT2D eigenvalue weighted by atomic mass is 10.1. The van der Waals surface area contributed by atoms with Gasteiger partial charge in [-0.05, 0) is 25.4 Å². The van der Waals surface area contributed by atoms with Crippen LogP contribution in [0.4, 0.5) is 0 Å². The number of nitrogens with one attached hydrogen (secondary N) is 1. The van der Waals surface area contributed by atoms with Crippen molar-refractivity contribution >= 4 is 0 Å². The molecule has 5 heteroatoms. The molecule has 1 aliphatic rings. The predicted octanol–water partition coefficient (Wildman–Crippen LogP) is 0.809. The lowest BCUT2D eigenvalue weighted by Gasteiger charge is -2.18. The van der Waals surface area contributed by atoms with Crippen molar-refractivity contribution in [1.82, 2.24) is 25.0 Å². The van der Waals surface area contributed by atoms with Gasteiger partial charge in [0, 0.05) is 26.6 Å². The average molecular weight is 251 g/mol. The molecule has 0 atom stereocenters. The van der Waals surface area contributed by atoms with Gasteiger partial charge >= 0.3 is 0 Å². The Bertz CT molecular complexity index is 363. The van der Waals surface area contributed by atoms with Gasteiger partial charge in [0.15, 0.2) is 5.82 Å². The van der Waals surface area contributed by atoms with E-state index in [1.807, 2.05) is 11.7 Å². The van der Waals surface area contributed by atoms with Crippen LogP contribution in [0.2, 0.25) is 0 Å². The summed E-state index contributed by atoms with van der Waals surface area (Å²) in [6, 6.07) is 0. The van der Waals surface area contributed by atoms with Crippen LogP contribution in [0, 0.1) is 5.92 Å². The highest BCUT2D eigenvalue weighted by molar-refractivity contribution is 4.94. The monoisotopic (exact) mass is 251 g/mol. The summed E-state index contributed by atoms with van der Waals surface area (Å²) >= 11 is 0. The van der Waals surface area contributed by atoms with Crippen molar-refractivity contribution in [3.63, 3.8) is 0 Å². The molecule has 102 valence electrons. The summed E-state index contributed by atoms with van der Waals surface area (Å²) in [7, 11) is 2.00. The fourth-order valence-corrected chi connectivity index (χ4v) is 2.32. The molecule has 1 saturated heterocycles. The first kappa shape index (κ1) is 13.5. The minimum absolute atomic E-state index is 0.614. The van der Waals surface area contributed by atoms with Crippen molar-refractivity contribution in [2.75, 3.05) is 26.2 Å². The Morgan fingerprint density at radius 2 is 2.11 bits per heavy atom. The van der Waals surface area contributed by atoms with Gasteiger partial charge in [-0.1, -0.05) is 13.8 Å². The summed E-state index contributed by atoms with van der Waals surface area (Å²) in [5.41, 5.74) is 0. The molecule has 2 rings (SSSR count). The molecule has 0 bridgehead atoms. The van der Waals surface area contributed by atoms with Crippen molar-refractivity contribution in [1.29, 1.82) is 0 Å². The molecular weight excluding hydrogens is 226 g/mol.